The van der Waals surface area contributed by atoms with Crippen LogP contribution >= 0.6 is 27.5 Å². The highest BCUT2D eigenvalue weighted by molar-refractivity contribution is 9.10. The maximum absolute atomic E-state index is 12.2. The number of amides is 3. The molecule has 10 heteroatoms. The first-order chi connectivity index (χ1) is 16.3. The number of nitrogens with zero attached hydrogens (tertiary/aromatic N) is 1. The molecule has 0 aromatic heterocycles. The number of nitrogens with one attached hydrogen (secondary N) is 3. The second-order valence-corrected chi connectivity index (χ2v) is 8.33. The Hall–Kier alpha value is -3.69. The number of anilines is 2. The van der Waals surface area contributed by atoms with Gasteiger partial charge in [-0.15, -0.1) is 0 Å². The smallest absolute Gasteiger partial charge is 0.329 e. The second-order valence-electron chi connectivity index (χ2n) is 7.04. The Morgan fingerprint density at radius 3 is 2.50 bits per heavy atom. The molecule has 0 unspecified atom stereocenters. The number of hydrazone groups is 1. The molecule has 3 aromatic rings. The van der Waals surface area contributed by atoms with Crippen LogP contribution in [0.3, 0.4) is 0 Å². The molecule has 3 aromatic carbocycles. The van der Waals surface area contributed by atoms with E-state index in [-0.39, 0.29) is 12.5 Å². The molecule has 34 heavy (non-hydrogen) atoms. The van der Waals surface area contributed by atoms with Crippen LogP contribution in [0.4, 0.5) is 11.4 Å². The second kappa shape index (κ2) is 12.0. The first kappa shape index (κ1) is 24.9. The first-order valence-electron chi connectivity index (χ1n) is 9.99. The summed E-state index contributed by atoms with van der Waals surface area (Å²) < 4.78 is 6.49. The monoisotopic (exact) mass is 542 g/mol. The minimum absolute atomic E-state index is 0.184. The van der Waals surface area contributed by atoms with Crippen LogP contribution in [0, 0.1) is 6.92 Å². The molecule has 8 nitrogen and oxygen atoms in total. The number of aryl methyl sites for hydroxylation is 1. The lowest BCUT2D eigenvalue weighted by Gasteiger charge is -2.09. The Morgan fingerprint density at radius 2 is 1.74 bits per heavy atom. The maximum Gasteiger partial charge on any atom is 0.329 e. The SMILES string of the molecule is Cc1cc(NC(=O)COc2cccc(/C=N\NC(=O)C(=O)Nc3cccc(Cl)c3)c2)ccc1Br. The van der Waals surface area contributed by atoms with Gasteiger partial charge in [-0.2, -0.15) is 5.10 Å². The van der Waals surface area contributed by atoms with E-state index in [9.17, 15) is 14.4 Å². The van der Waals surface area contributed by atoms with Crippen LogP contribution in [0.25, 0.3) is 0 Å². The van der Waals surface area contributed by atoms with Crippen molar-refractivity contribution >= 4 is 62.8 Å². The number of carbonyl (C=O) groups is 3. The Morgan fingerprint density at radius 1 is 0.971 bits per heavy atom. The molecule has 0 spiro atoms. The zero-order valence-corrected chi connectivity index (χ0v) is 20.3. The Bertz CT molecular complexity index is 1250. The number of rotatable bonds is 7. The number of halogens is 2. The van der Waals surface area contributed by atoms with Crippen molar-refractivity contribution in [2.24, 2.45) is 5.10 Å². The predicted octanol–water partition coefficient (Wildman–Crippen LogP) is 4.52. The zero-order chi connectivity index (χ0) is 24.5. The molecular formula is C24H20BrClN4O4. The van der Waals surface area contributed by atoms with Gasteiger partial charge in [0.15, 0.2) is 6.61 Å². The molecule has 0 bridgehead atoms. The van der Waals surface area contributed by atoms with E-state index in [2.05, 4.69) is 37.1 Å². The summed E-state index contributed by atoms with van der Waals surface area (Å²) in [6.07, 6.45) is 1.35. The zero-order valence-electron chi connectivity index (χ0n) is 18.0. The third-order valence-corrected chi connectivity index (χ3v) is 5.46. The van der Waals surface area contributed by atoms with Gasteiger partial charge in [-0.3, -0.25) is 14.4 Å². The maximum atomic E-state index is 12.2. The predicted molar refractivity (Wildman–Crippen MR) is 135 cm³/mol. The standard InChI is InChI=1S/C24H20BrClN4O4/c1-15-10-19(8-9-21(15)25)28-22(31)14-34-20-7-2-4-16(11-20)13-27-30-24(33)23(32)29-18-6-3-5-17(26)12-18/h2-13H,14H2,1H3,(H,28,31)(H,29,32)(H,30,33)/b27-13-. The molecule has 0 fully saturated rings. The summed E-state index contributed by atoms with van der Waals surface area (Å²) in [6.45, 7) is 1.74. The minimum atomic E-state index is -0.941. The molecule has 0 aliphatic rings. The highest BCUT2D eigenvalue weighted by Gasteiger charge is 2.13. The van der Waals surface area contributed by atoms with Crippen molar-refractivity contribution in [1.82, 2.24) is 5.43 Å². The van der Waals surface area contributed by atoms with Crippen LogP contribution in [0.1, 0.15) is 11.1 Å². The molecular weight excluding hydrogens is 524 g/mol. The van der Waals surface area contributed by atoms with Gasteiger partial charge >= 0.3 is 11.8 Å². The first-order valence-corrected chi connectivity index (χ1v) is 11.2. The topological polar surface area (TPSA) is 109 Å². The summed E-state index contributed by atoms with van der Waals surface area (Å²) in [5.41, 5.74) is 4.80. The third-order valence-electron chi connectivity index (χ3n) is 4.34. The van der Waals surface area contributed by atoms with E-state index in [1.54, 1.807) is 48.5 Å². The molecule has 0 aliphatic carbocycles. The molecule has 0 saturated carbocycles. The van der Waals surface area contributed by atoms with Crippen LogP contribution in [0.15, 0.2) is 76.3 Å². The van der Waals surface area contributed by atoms with Gasteiger partial charge in [0.05, 0.1) is 6.21 Å². The molecule has 174 valence electrons. The summed E-state index contributed by atoms with van der Waals surface area (Å²) in [7, 11) is 0. The quantitative estimate of drug-likeness (QED) is 0.231. The number of hydrogen-bond acceptors (Lipinski definition) is 5. The third kappa shape index (κ3) is 7.72. The van der Waals surface area contributed by atoms with Gasteiger partial charge < -0.3 is 15.4 Å². The summed E-state index contributed by atoms with van der Waals surface area (Å²) in [4.78, 5) is 36.0. The van der Waals surface area contributed by atoms with E-state index in [0.29, 0.717) is 27.7 Å². The minimum Gasteiger partial charge on any atom is -0.484 e. The fourth-order valence-corrected chi connectivity index (χ4v) is 3.16. The van der Waals surface area contributed by atoms with Crippen molar-refractivity contribution < 1.29 is 19.1 Å². The largest absolute Gasteiger partial charge is 0.484 e. The molecule has 3 N–H and O–H groups in total. The van der Waals surface area contributed by atoms with E-state index >= 15 is 0 Å². The molecule has 0 saturated heterocycles. The van der Waals surface area contributed by atoms with Crippen LogP contribution in [0.5, 0.6) is 5.75 Å². The lowest BCUT2D eigenvalue weighted by atomic mass is 10.2. The number of carbonyl (C=O) groups excluding carboxylic acids is 3. The summed E-state index contributed by atoms with van der Waals surface area (Å²) in [5, 5.41) is 9.40. The van der Waals surface area contributed by atoms with Crippen molar-refractivity contribution in [3.8, 4) is 5.75 Å². The average Bonchev–Trinajstić information content (AvgIpc) is 2.80. The fraction of sp³-hybridized carbons (Fsp3) is 0.0833. The number of ether oxygens (including phenoxy) is 1. The molecule has 0 aliphatic heterocycles. The van der Waals surface area contributed by atoms with Crippen LogP contribution < -0.4 is 20.8 Å². The highest BCUT2D eigenvalue weighted by atomic mass is 79.9. The van der Waals surface area contributed by atoms with Crippen LogP contribution in [-0.2, 0) is 14.4 Å². The van der Waals surface area contributed by atoms with Gasteiger partial charge in [0, 0.05) is 20.9 Å². The number of hydrogen-bond donors (Lipinski definition) is 3. The normalized spacial score (nSPS) is 10.6. The molecule has 3 amide bonds. The molecule has 3 rings (SSSR count). The number of benzene rings is 3. The fourth-order valence-electron chi connectivity index (χ4n) is 2.72. The van der Waals surface area contributed by atoms with Crippen LogP contribution in [-0.4, -0.2) is 30.5 Å². The molecule has 0 atom stereocenters. The van der Waals surface area contributed by atoms with Crippen molar-refractivity contribution in [2.45, 2.75) is 6.92 Å². The average molecular weight is 544 g/mol. The molecule has 0 radical (unpaired) electrons. The van der Waals surface area contributed by atoms with Crippen molar-refractivity contribution in [1.29, 1.82) is 0 Å². The summed E-state index contributed by atoms with van der Waals surface area (Å²) >= 11 is 9.27. The summed E-state index contributed by atoms with van der Waals surface area (Å²) in [5.74, 6) is -1.69. The van der Waals surface area contributed by atoms with E-state index in [1.165, 1.54) is 12.3 Å². The van der Waals surface area contributed by atoms with Crippen molar-refractivity contribution in [3.63, 3.8) is 0 Å². The van der Waals surface area contributed by atoms with Crippen molar-refractivity contribution in [3.05, 3.63) is 87.4 Å². The Kier molecular flexibility index (Phi) is 8.78. The van der Waals surface area contributed by atoms with E-state index in [0.717, 1.165) is 10.0 Å². The lowest BCUT2D eigenvalue weighted by Crippen LogP contribution is -2.32. The van der Waals surface area contributed by atoms with E-state index in [4.69, 9.17) is 16.3 Å². The van der Waals surface area contributed by atoms with Gasteiger partial charge in [0.25, 0.3) is 5.91 Å². The van der Waals surface area contributed by atoms with E-state index < -0.39 is 11.8 Å². The lowest BCUT2D eigenvalue weighted by molar-refractivity contribution is -0.136. The van der Waals surface area contributed by atoms with Crippen LogP contribution in [0.2, 0.25) is 5.02 Å². The Labute approximate surface area is 209 Å². The van der Waals surface area contributed by atoms with E-state index in [1.807, 2.05) is 19.1 Å². The van der Waals surface area contributed by atoms with Gasteiger partial charge in [-0.25, -0.2) is 5.43 Å². The highest BCUT2D eigenvalue weighted by Crippen LogP contribution is 2.20. The van der Waals surface area contributed by atoms with Crippen molar-refractivity contribution in [2.75, 3.05) is 17.2 Å². The van der Waals surface area contributed by atoms with Gasteiger partial charge in [0.1, 0.15) is 5.75 Å². The summed E-state index contributed by atoms with van der Waals surface area (Å²) in [6, 6.07) is 18.7. The molecule has 0 heterocycles. The van der Waals surface area contributed by atoms with Gasteiger partial charge in [-0.05, 0) is 66.6 Å². The van der Waals surface area contributed by atoms with Gasteiger partial charge in [-0.1, -0.05) is 45.7 Å². The van der Waals surface area contributed by atoms with Gasteiger partial charge in [0.2, 0.25) is 0 Å². The Balaban J connectivity index is 1.48.